The summed E-state index contributed by atoms with van der Waals surface area (Å²) in [6.07, 6.45) is 0. The molecule has 3 amide bonds. The first-order chi connectivity index (χ1) is 10.1. The van der Waals surface area contributed by atoms with E-state index in [0.717, 1.165) is 0 Å². The second-order valence-electron chi connectivity index (χ2n) is 4.05. The number of carbonyl (C=O) groups excluding carboxylic acids is 2. The molecule has 3 N–H and O–H groups in total. The lowest BCUT2D eigenvalue weighted by molar-refractivity contribution is 0.0967. The molecule has 6 nitrogen and oxygen atoms in total. The van der Waals surface area contributed by atoms with E-state index in [0.29, 0.717) is 11.3 Å². The lowest BCUT2D eigenvalue weighted by Crippen LogP contribution is -2.34. The van der Waals surface area contributed by atoms with Crippen molar-refractivity contribution in [1.82, 2.24) is 5.32 Å². The zero-order chi connectivity index (χ0) is 15.2. The van der Waals surface area contributed by atoms with Crippen LogP contribution in [0.3, 0.4) is 0 Å². The maximum Gasteiger partial charge on any atom is 0.326 e. The number of rotatable bonds is 3. The van der Waals surface area contributed by atoms with Crippen molar-refractivity contribution in [1.29, 1.82) is 0 Å². The summed E-state index contributed by atoms with van der Waals surface area (Å²) >= 11 is -2.07. The quantitative estimate of drug-likeness (QED) is 0.758. The normalized spacial score (nSPS) is 11.5. The number of hydrogen-bond acceptors (Lipinski definition) is 3. The zero-order valence-electron chi connectivity index (χ0n) is 10.8. The van der Waals surface area contributed by atoms with Gasteiger partial charge in [0.05, 0.1) is 4.90 Å². The van der Waals surface area contributed by atoms with Gasteiger partial charge in [-0.3, -0.25) is 10.1 Å². The van der Waals surface area contributed by atoms with Gasteiger partial charge in [0, 0.05) is 11.3 Å². The maximum atomic E-state index is 11.7. The van der Waals surface area contributed by atoms with Crippen LogP contribution in [0.5, 0.6) is 0 Å². The lowest BCUT2D eigenvalue weighted by atomic mass is 10.2. The van der Waals surface area contributed by atoms with Crippen LogP contribution < -0.4 is 10.6 Å². The van der Waals surface area contributed by atoms with Crippen LogP contribution in [0.15, 0.2) is 59.5 Å². The molecule has 0 saturated carbocycles. The second kappa shape index (κ2) is 6.78. The van der Waals surface area contributed by atoms with Crippen LogP contribution in [0, 0.1) is 0 Å². The van der Waals surface area contributed by atoms with Crippen molar-refractivity contribution in [3.05, 3.63) is 60.2 Å². The topological polar surface area (TPSA) is 95.5 Å². The summed E-state index contributed by atoms with van der Waals surface area (Å²) < 4.78 is 19.7. The van der Waals surface area contributed by atoms with E-state index >= 15 is 0 Å². The Morgan fingerprint density at radius 1 is 0.952 bits per heavy atom. The van der Waals surface area contributed by atoms with Gasteiger partial charge in [-0.05, 0) is 36.4 Å². The number of amides is 3. The van der Waals surface area contributed by atoms with E-state index < -0.39 is 23.0 Å². The molecule has 0 aliphatic rings. The number of benzene rings is 2. The largest absolute Gasteiger partial charge is 0.326 e. The summed E-state index contributed by atoms with van der Waals surface area (Å²) in [5, 5.41) is 4.64. The monoisotopic (exact) mass is 304 g/mol. The average Bonchev–Trinajstić information content (AvgIpc) is 2.48. The van der Waals surface area contributed by atoms with Crippen molar-refractivity contribution in [2.45, 2.75) is 4.90 Å². The van der Waals surface area contributed by atoms with E-state index in [9.17, 15) is 13.8 Å². The fourth-order valence-corrected chi connectivity index (χ4v) is 1.95. The molecule has 1 unspecified atom stereocenters. The molecular formula is C14H12N2O4S. The van der Waals surface area contributed by atoms with Crippen LogP contribution in [0.4, 0.5) is 10.5 Å². The molecule has 1 atom stereocenters. The molecular weight excluding hydrogens is 292 g/mol. The first-order valence-electron chi connectivity index (χ1n) is 5.94. The van der Waals surface area contributed by atoms with Gasteiger partial charge in [0.2, 0.25) is 0 Å². The van der Waals surface area contributed by atoms with E-state index in [1.54, 1.807) is 30.3 Å². The number of hydrogen-bond donors (Lipinski definition) is 3. The molecule has 7 heteroatoms. The third kappa shape index (κ3) is 4.23. The third-order valence-electron chi connectivity index (χ3n) is 2.58. The van der Waals surface area contributed by atoms with Crippen molar-refractivity contribution in [2.24, 2.45) is 0 Å². The van der Waals surface area contributed by atoms with E-state index in [-0.39, 0.29) is 4.90 Å². The highest BCUT2D eigenvalue weighted by Crippen LogP contribution is 2.11. The fraction of sp³-hybridized carbons (Fsp3) is 0. The van der Waals surface area contributed by atoms with Gasteiger partial charge in [-0.15, -0.1) is 0 Å². The van der Waals surface area contributed by atoms with Crippen LogP contribution in [-0.4, -0.2) is 20.7 Å². The van der Waals surface area contributed by atoms with E-state index in [1.165, 1.54) is 24.3 Å². The molecule has 0 radical (unpaired) electrons. The smallest absolute Gasteiger partial charge is 0.308 e. The molecule has 21 heavy (non-hydrogen) atoms. The SMILES string of the molecule is O=C(NC(=O)c1ccccc1)Nc1ccc(S(=O)O)cc1. The predicted octanol–water partition coefficient (Wildman–Crippen LogP) is 2.23. The Kier molecular flexibility index (Phi) is 4.81. The van der Waals surface area contributed by atoms with E-state index in [1.807, 2.05) is 0 Å². The lowest BCUT2D eigenvalue weighted by Gasteiger charge is -2.07. The highest BCUT2D eigenvalue weighted by Gasteiger charge is 2.10. The van der Waals surface area contributed by atoms with Gasteiger partial charge in [0.1, 0.15) is 0 Å². The molecule has 0 bridgehead atoms. The molecule has 108 valence electrons. The number of urea groups is 1. The fourth-order valence-electron chi connectivity index (χ4n) is 1.58. The first kappa shape index (κ1) is 14.9. The maximum absolute atomic E-state index is 11.7. The van der Waals surface area contributed by atoms with Gasteiger partial charge in [0.25, 0.3) is 5.91 Å². The first-order valence-corrected chi connectivity index (χ1v) is 7.05. The second-order valence-corrected chi connectivity index (χ2v) is 5.02. The summed E-state index contributed by atoms with van der Waals surface area (Å²) in [6, 6.07) is 13.4. The Morgan fingerprint density at radius 3 is 2.14 bits per heavy atom. The van der Waals surface area contributed by atoms with Crippen LogP contribution in [0.25, 0.3) is 0 Å². The third-order valence-corrected chi connectivity index (χ3v) is 3.25. The van der Waals surface area contributed by atoms with Gasteiger partial charge < -0.3 is 9.87 Å². The molecule has 2 aromatic carbocycles. The summed E-state index contributed by atoms with van der Waals surface area (Å²) in [5.74, 6) is -0.513. The molecule has 2 rings (SSSR count). The summed E-state index contributed by atoms with van der Waals surface area (Å²) in [5.41, 5.74) is 0.779. The van der Waals surface area contributed by atoms with Crippen molar-refractivity contribution in [3.8, 4) is 0 Å². The highest BCUT2D eigenvalue weighted by molar-refractivity contribution is 7.79. The van der Waals surface area contributed by atoms with Crippen LogP contribution in [-0.2, 0) is 11.1 Å². The molecule has 0 aliphatic carbocycles. The Labute approximate surface area is 123 Å². The average molecular weight is 304 g/mol. The predicted molar refractivity (Wildman–Crippen MR) is 78.4 cm³/mol. The van der Waals surface area contributed by atoms with Crippen molar-refractivity contribution >= 4 is 28.7 Å². The van der Waals surface area contributed by atoms with Gasteiger partial charge in [0.15, 0.2) is 11.1 Å². The highest BCUT2D eigenvalue weighted by atomic mass is 32.2. The van der Waals surface area contributed by atoms with Crippen LogP contribution in [0.2, 0.25) is 0 Å². The number of nitrogens with one attached hydrogen (secondary N) is 2. The van der Waals surface area contributed by atoms with Gasteiger partial charge in [-0.1, -0.05) is 18.2 Å². The molecule has 0 spiro atoms. The molecule has 0 fully saturated rings. The molecule has 0 aromatic heterocycles. The summed E-state index contributed by atoms with van der Waals surface area (Å²) in [4.78, 5) is 23.6. The van der Waals surface area contributed by atoms with Crippen molar-refractivity contribution < 1.29 is 18.4 Å². The summed E-state index contributed by atoms with van der Waals surface area (Å²) in [7, 11) is 0. The van der Waals surface area contributed by atoms with Crippen molar-refractivity contribution in [2.75, 3.05) is 5.32 Å². The molecule has 2 aromatic rings. The molecule has 0 saturated heterocycles. The zero-order valence-corrected chi connectivity index (χ0v) is 11.6. The Bertz CT molecular complexity index is 671. The molecule has 0 aliphatic heterocycles. The van der Waals surface area contributed by atoms with Crippen LogP contribution in [0.1, 0.15) is 10.4 Å². The standard InChI is InChI=1S/C14H12N2O4S/c17-13(10-4-2-1-3-5-10)16-14(18)15-11-6-8-12(9-7-11)21(19)20/h1-9H,(H,19,20)(H2,15,16,17,18). The van der Waals surface area contributed by atoms with Gasteiger partial charge in [-0.25, -0.2) is 9.00 Å². The van der Waals surface area contributed by atoms with E-state index in [4.69, 9.17) is 4.55 Å². The van der Waals surface area contributed by atoms with Gasteiger partial charge in [-0.2, -0.15) is 0 Å². The Balaban J connectivity index is 1.95. The van der Waals surface area contributed by atoms with E-state index in [2.05, 4.69) is 10.6 Å². The summed E-state index contributed by atoms with van der Waals surface area (Å²) in [6.45, 7) is 0. The number of anilines is 1. The Hall–Kier alpha value is -2.51. The van der Waals surface area contributed by atoms with Crippen LogP contribution >= 0.6 is 0 Å². The minimum atomic E-state index is -2.07. The van der Waals surface area contributed by atoms with Crippen molar-refractivity contribution in [3.63, 3.8) is 0 Å². The minimum Gasteiger partial charge on any atom is -0.308 e. The van der Waals surface area contributed by atoms with Gasteiger partial charge >= 0.3 is 6.03 Å². The number of carbonyl (C=O) groups is 2. The Morgan fingerprint density at radius 2 is 1.57 bits per heavy atom. The number of imide groups is 1. The molecule has 0 heterocycles. The minimum absolute atomic E-state index is 0.223.